The van der Waals surface area contributed by atoms with E-state index >= 15 is 19.2 Å². The van der Waals surface area contributed by atoms with Gasteiger partial charge in [0, 0.05) is 51.6 Å². The van der Waals surface area contributed by atoms with Gasteiger partial charge in [0.1, 0.15) is 84.4 Å². The van der Waals surface area contributed by atoms with Crippen molar-refractivity contribution in [1.29, 1.82) is 0 Å². The average Bonchev–Trinajstić information content (AvgIpc) is 1.62. The molecule has 12 bridgehead atoms. The van der Waals surface area contributed by atoms with Crippen LogP contribution in [0.1, 0.15) is 114 Å². The lowest BCUT2D eigenvalue weighted by molar-refractivity contribution is -0.145. The van der Waals surface area contributed by atoms with E-state index in [4.69, 9.17) is 9.47 Å². The van der Waals surface area contributed by atoms with Gasteiger partial charge in [-0.25, -0.2) is 19.0 Å². The Labute approximate surface area is 613 Å². The van der Waals surface area contributed by atoms with Crippen molar-refractivity contribution in [2.75, 3.05) is 27.2 Å². The Morgan fingerprint density at radius 2 is 0.925 bits per heavy atom. The Morgan fingerprint density at radius 3 is 1.33 bits per heavy atom. The van der Waals surface area contributed by atoms with Crippen molar-refractivity contribution in [3.05, 3.63) is 167 Å². The molecule has 13 rings (SSSR count). The molecule has 30 heteroatoms. The van der Waals surface area contributed by atoms with Crippen molar-refractivity contribution >= 4 is 70.0 Å². The van der Waals surface area contributed by atoms with E-state index in [1.54, 1.807) is 161 Å². The molecule has 30 nitrogen and oxygen atoms in total. The highest BCUT2D eigenvalue weighted by atomic mass is 16.5. The monoisotopic (exact) mass is 1450 g/mol. The number of amides is 8. The second kappa shape index (κ2) is 33.7. The number of nitrogens with zero attached hydrogens (tertiary/aromatic N) is 8. The van der Waals surface area contributed by atoms with Gasteiger partial charge < -0.3 is 72.0 Å². The van der Waals surface area contributed by atoms with Crippen LogP contribution in [-0.2, 0) is 86.8 Å². The quantitative estimate of drug-likeness (QED) is 0.0747. The molecule has 12 atom stereocenters. The molecule has 2 aromatic heterocycles. The Bertz CT molecular complexity index is 4330. The minimum atomic E-state index is -1.51. The van der Waals surface area contributed by atoms with Crippen LogP contribution in [-0.4, -0.2) is 197 Å². The minimum Gasteiger partial charge on any atom is -0.487 e. The van der Waals surface area contributed by atoms with Gasteiger partial charge >= 0.3 is 11.9 Å². The third-order valence-corrected chi connectivity index (χ3v) is 19.6. The zero-order chi connectivity index (χ0) is 76.3. The van der Waals surface area contributed by atoms with Crippen LogP contribution in [0, 0.1) is 10.8 Å². The number of likely N-dealkylation sites (N-methyl/N-ethyl adjacent to an activating group) is 2. The maximum absolute atomic E-state index is 15.3. The van der Waals surface area contributed by atoms with E-state index in [0.29, 0.717) is 45.1 Å². The summed E-state index contributed by atoms with van der Waals surface area (Å²) in [5.74, 6) is -7.20. The highest BCUT2D eigenvalue weighted by Crippen LogP contribution is 2.34. The third kappa shape index (κ3) is 19.4. The van der Waals surface area contributed by atoms with Gasteiger partial charge in [-0.2, -0.15) is 0 Å². The van der Waals surface area contributed by atoms with Crippen LogP contribution in [0.2, 0.25) is 0 Å². The number of ether oxygens (including phenoxy) is 2. The van der Waals surface area contributed by atoms with Crippen molar-refractivity contribution in [2.45, 2.75) is 180 Å². The smallest absolute Gasteiger partial charge is 0.326 e. The Morgan fingerprint density at radius 1 is 0.519 bits per heavy atom. The van der Waals surface area contributed by atoms with Crippen molar-refractivity contribution in [2.24, 2.45) is 10.8 Å². The molecule has 562 valence electrons. The van der Waals surface area contributed by atoms with E-state index in [2.05, 4.69) is 63.2 Å². The van der Waals surface area contributed by atoms with Crippen LogP contribution in [0.25, 0.3) is 10.8 Å². The van der Waals surface area contributed by atoms with Gasteiger partial charge in [-0.05, 0) is 96.1 Å². The molecule has 0 spiro atoms. The van der Waals surface area contributed by atoms with E-state index in [0.717, 1.165) is 10.8 Å². The molecular formula is C76H94N16O14. The van der Waals surface area contributed by atoms with Crippen LogP contribution < -0.4 is 52.0 Å². The summed E-state index contributed by atoms with van der Waals surface area (Å²) < 4.78 is 15.3. The Hall–Kier alpha value is -11.1. The molecule has 2 saturated heterocycles. The number of carboxylic acid groups (broad SMARTS) is 2. The van der Waals surface area contributed by atoms with Crippen LogP contribution in [0.15, 0.2) is 134 Å². The van der Waals surface area contributed by atoms with E-state index in [9.17, 15) is 39.0 Å². The van der Waals surface area contributed by atoms with Crippen LogP contribution >= 0.6 is 0 Å². The molecule has 0 aliphatic carbocycles. The minimum absolute atomic E-state index is 0.0322. The summed E-state index contributed by atoms with van der Waals surface area (Å²) in [5, 5.41) is 63.4. The number of likely N-dealkylation sites (tertiary alicyclic amines) is 2. The number of carbonyl (C=O) groups is 10. The molecule has 8 amide bonds. The van der Waals surface area contributed by atoms with Crippen LogP contribution in [0.4, 0.5) is 0 Å². The van der Waals surface area contributed by atoms with Crippen molar-refractivity contribution in [3.8, 4) is 11.5 Å². The number of hydrogen-bond donors (Lipinski definition) is 10. The SMILES string of the molecule is CN[C@@H](C)C(=O)N[C@H](C(=O)N1C[C@@H]2C[C@H]1C(=O)N[C@@H](Cc1ccccc1)C(=O)N[C@H](C(=O)O)Cc1ccc(cc1)OCc1cn(nn1)[C@H]1C[C@@H](C(=O)N[C@@H](Cc3ccc4ccccc4c3)C(=O)N[C@H](C(=O)O)Cc3ccc(cc3)OCc3cn2nn3)N(C(=O)[C@@H](NC(=O)[C@H](C)NC)C(C)(C)C)C1)C(C)(C)C. The molecule has 106 heavy (non-hydrogen) atoms. The van der Waals surface area contributed by atoms with Crippen molar-refractivity contribution < 1.29 is 67.6 Å². The first kappa shape index (κ1) is 77.5. The zero-order valence-electron chi connectivity index (χ0n) is 61.1. The first-order valence-corrected chi connectivity index (χ1v) is 35.4. The fourth-order valence-corrected chi connectivity index (χ4v) is 13.1. The second-order valence-electron chi connectivity index (χ2n) is 29.6. The Kier molecular flexibility index (Phi) is 24.7. The van der Waals surface area contributed by atoms with E-state index in [-0.39, 0.29) is 64.8 Å². The zero-order valence-corrected chi connectivity index (χ0v) is 61.1. The molecule has 6 aliphatic rings. The number of benzene rings is 5. The molecule has 0 saturated carbocycles. The number of rotatable bonds is 14. The highest BCUT2D eigenvalue weighted by molar-refractivity contribution is 5.98. The lowest BCUT2D eigenvalue weighted by atomic mass is 9.85. The number of hydrogen-bond acceptors (Lipinski definition) is 18. The number of aliphatic carboxylic acids is 2. The summed E-state index contributed by atoms with van der Waals surface area (Å²) in [4.78, 5) is 146. The van der Waals surface area contributed by atoms with Gasteiger partial charge in [-0.3, -0.25) is 38.4 Å². The van der Waals surface area contributed by atoms with Crippen molar-refractivity contribution in [3.63, 3.8) is 0 Å². The standard InChI is InChI=1S/C76H94N16O14/c1-43(77-9)65(93)83-63(75(3,4)5)71(99)89-39-53-35-61(89)69(97)79-57(31-45-16-12-11-13-17-45)67(95)81-59(73(101)102)32-46-21-26-55(27-22-46)105-42-52-38-92(88-86-52)54-36-62(90(40-54)72(100)64(76(6,7)8)84-66(94)44(2)78-10)70(98)80-58(34-48-20-25-49-18-14-15-19-50(49)30-48)68(96)82-60(74(103)104)33-47-23-28-56(29-24-47)106-41-51-37-91(53)87-85-51/h11-30,37-38,43-44,53-54,57-64,77-78H,31-36,39-42H2,1-10H3,(H,79,97)(H,80,98)(H,81,95)(H,82,96)(H,83,93)(H,84,94)(H,101,102)(H,103,104)/t43-,44-,53-,54-,57-,58-,59-,60-,61-,62-,63+,64+/m0/s1. The Balaban J connectivity index is 0.975. The number of fused-ring (bicyclic) bond motifs is 1. The van der Waals surface area contributed by atoms with E-state index < -0.39 is 143 Å². The summed E-state index contributed by atoms with van der Waals surface area (Å²) >= 11 is 0. The molecule has 5 aromatic carbocycles. The maximum Gasteiger partial charge on any atom is 0.326 e. The molecule has 0 radical (unpaired) electrons. The second-order valence-corrected chi connectivity index (χ2v) is 29.6. The van der Waals surface area contributed by atoms with Gasteiger partial charge in [-0.1, -0.05) is 149 Å². The largest absolute Gasteiger partial charge is 0.487 e. The normalized spacial score (nSPS) is 22.0. The lowest BCUT2D eigenvalue weighted by Gasteiger charge is -2.36. The predicted octanol–water partition coefficient (Wildman–Crippen LogP) is 3.14. The first-order chi connectivity index (χ1) is 50.4. The molecular weight excluding hydrogens is 1360 g/mol. The summed E-state index contributed by atoms with van der Waals surface area (Å²) in [6.07, 6.45) is 2.57. The van der Waals surface area contributed by atoms with Gasteiger partial charge in [-0.15, -0.1) is 10.2 Å². The molecule has 7 aromatic rings. The first-order valence-electron chi connectivity index (χ1n) is 35.4. The average molecular weight is 1460 g/mol. The fraction of sp³-hybridized carbons (Fsp3) is 0.447. The summed E-state index contributed by atoms with van der Waals surface area (Å²) in [6.45, 7) is 13.6. The predicted molar refractivity (Wildman–Crippen MR) is 388 cm³/mol. The topological polar surface area (TPSA) is 394 Å². The van der Waals surface area contributed by atoms with Crippen LogP contribution in [0.5, 0.6) is 11.5 Å². The number of aromatic nitrogens is 6. The molecule has 6 aliphatic heterocycles. The number of carbonyl (C=O) groups excluding carboxylic acids is 8. The summed E-state index contributed by atoms with van der Waals surface area (Å²) in [5.41, 5.74) is 1.19. The molecule has 2 fully saturated rings. The van der Waals surface area contributed by atoms with E-state index in [1.807, 2.05) is 42.5 Å². The van der Waals surface area contributed by atoms with Gasteiger partial charge in [0.15, 0.2) is 0 Å². The van der Waals surface area contributed by atoms with Gasteiger partial charge in [0.25, 0.3) is 0 Å². The van der Waals surface area contributed by atoms with Crippen molar-refractivity contribution in [1.82, 2.24) is 82.3 Å². The van der Waals surface area contributed by atoms with Gasteiger partial charge in [0.2, 0.25) is 47.3 Å². The fourth-order valence-electron chi connectivity index (χ4n) is 13.1. The number of nitrogens with one attached hydrogen (secondary N) is 8. The number of carboxylic acids is 2. The van der Waals surface area contributed by atoms with Gasteiger partial charge in [0.05, 0.1) is 36.6 Å². The van der Waals surface area contributed by atoms with Crippen LogP contribution in [0.3, 0.4) is 0 Å². The molecule has 10 N–H and O–H groups in total. The summed E-state index contributed by atoms with van der Waals surface area (Å²) in [6, 6.07) is 21.6. The third-order valence-electron chi connectivity index (χ3n) is 19.6. The molecule has 0 unspecified atom stereocenters. The summed E-state index contributed by atoms with van der Waals surface area (Å²) in [7, 11) is 3.22. The highest BCUT2D eigenvalue weighted by Gasteiger charge is 2.49. The van der Waals surface area contributed by atoms with E-state index in [1.165, 1.54) is 19.2 Å². The maximum atomic E-state index is 15.3. The molecule has 8 heterocycles. The lowest BCUT2D eigenvalue weighted by Crippen LogP contribution is -2.60.